The van der Waals surface area contributed by atoms with Crippen LogP contribution in [0.25, 0.3) is 0 Å². The minimum atomic E-state index is -0.453. The lowest BCUT2D eigenvalue weighted by Gasteiger charge is -2.29. The first-order valence-electron chi connectivity index (χ1n) is 7.07. The van der Waals surface area contributed by atoms with Gasteiger partial charge in [0.2, 0.25) is 5.88 Å². The van der Waals surface area contributed by atoms with E-state index in [9.17, 15) is 4.79 Å². The second kappa shape index (κ2) is 7.61. The second-order valence-corrected chi connectivity index (χ2v) is 5.93. The van der Waals surface area contributed by atoms with E-state index in [1.807, 2.05) is 27.7 Å². The van der Waals surface area contributed by atoms with Crippen LogP contribution in [0.2, 0.25) is 5.02 Å². The number of carbonyl (C=O) groups excluding carboxylic acids is 1. The summed E-state index contributed by atoms with van der Waals surface area (Å²) in [5.74, 6) is 0.0510. The number of nitrogens with zero attached hydrogens (tertiary/aromatic N) is 1. The fourth-order valence-electron chi connectivity index (χ4n) is 1.78. The van der Waals surface area contributed by atoms with Crippen molar-refractivity contribution in [1.29, 1.82) is 0 Å². The van der Waals surface area contributed by atoms with E-state index in [1.54, 1.807) is 0 Å². The molecule has 1 aromatic heterocycles. The Hall–Kier alpha value is -1.33. The zero-order valence-corrected chi connectivity index (χ0v) is 13.7. The van der Waals surface area contributed by atoms with Crippen LogP contribution in [0, 0.1) is 0 Å². The summed E-state index contributed by atoms with van der Waals surface area (Å²) in [6, 6.07) is 1.54. The molecule has 5 nitrogen and oxygen atoms in total. The Morgan fingerprint density at radius 1 is 1.57 bits per heavy atom. The van der Waals surface area contributed by atoms with Gasteiger partial charge in [-0.3, -0.25) is 4.79 Å². The molecule has 0 saturated heterocycles. The topological polar surface area (TPSA) is 71.5 Å². The van der Waals surface area contributed by atoms with Crippen molar-refractivity contribution in [3.63, 3.8) is 0 Å². The third kappa shape index (κ3) is 5.17. The molecule has 1 rings (SSSR count). The molecule has 1 aromatic rings. The summed E-state index contributed by atoms with van der Waals surface area (Å²) in [6.45, 7) is 7.62. The molecule has 0 saturated carbocycles. The fourth-order valence-corrected chi connectivity index (χ4v) is 1.99. The molecule has 6 heteroatoms. The largest absolute Gasteiger partial charge is 0.474 e. The summed E-state index contributed by atoms with van der Waals surface area (Å²) in [4.78, 5) is 16.3. The predicted molar refractivity (Wildman–Crippen MR) is 82.9 cm³/mol. The summed E-state index contributed by atoms with van der Waals surface area (Å²) < 4.78 is 5.43. The van der Waals surface area contributed by atoms with E-state index in [0.29, 0.717) is 22.9 Å². The molecule has 2 N–H and O–H groups in total. The molecule has 1 amide bonds. The zero-order chi connectivity index (χ0) is 16.0. The van der Waals surface area contributed by atoms with E-state index in [1.165, 1.54) is 12.3 Å². The third-order valence-corrected chi connectivity index (χ3v) is 3.55. The van der Waals surface area contributed by atoms with E-state index in [2.05, 4.69) is 10.3 Å². The van der Waals surface area contributed by atoms with E-state index >= 15 is 0 Å². The Morgan fingerprint density at radius 3 is 2.71 bits per heavy atom. The lowest BCUT2D eigenvalue weighted by molar-refractivity contribution is 0.0885. The highest BCUT2D eigenvalue weighted by Gasteiger charge is 2.24. The van der Waals surface area contributed by atoms with Gasteiger partial charge in [0.1, 0.15) is 5.02 Å². The monoisotopic (exact) mass is 314 g/mol. The molecule has 0 aromatic carbocycles. The molecule has 0 spiro atoms. The van der Waals surface area contributed by atoms with Crippen LogP contribution in [0.1, 0.15) is 50.9 Å². The average molecular weight is 315 g/mol. The van der Waals surface area contributed by atoms with Gasteiger partial charge in [0.15, 0.2) is 0 Å². The van der Waals surface area contributed by atoms with Crippen LogP contribution in [-0.2, 0) is 0 Å². The van der Waals surface area contributed by atoms with Gasteiger partial charge in [-0.05, 0) is 39.7 Å². The standard InChI is InChI=1S/C15H23ClN2O3/c1-5-15(4,6-7-19)18-13(20)11-8-12(16)14(17-9-11)21-10(2)3/h8-10,19H,5-7H2,1-4H3,(H,18,20). The van der Waals surface area contributed by atoms with E-state index < -0.39 is 5.54 Å². The maximum absolute atomic E-state index is 12.2. The van der Waals surface area contributed by atoms with Crippen molar-refractivity contribution in [3.05, 3.63) is 22.8 Å². The Labute approximate surface area is 130 Å². The average Bonchev–Trinajstić information content (AvgIpc) is 2.40. The van der Waals surface area contributed by atoms with Crippen molar-refractivity contribution in [1.82, 2.24) is 10.3 Å². The number of hydrogen-bond acceptors (Lipinski definition) is 4. The number of ether oxygens (including phenoxy) is 1. The molecule has 1 heterocycles. The van der Waals surface area contributed by atoms with Crippen molar-refractivity contribution in [3.8, 4) is 5.88 Å². The van der Waals surface area contributed by atoms with E-state index in [4.69, 9.17) is 21.4 Å². The first-order valence-corrected chi connectivity index (χ1v) is 7.44. The van der Waals surface area contributed by atoms with Gasteiger partial charge in [0.25, 0.3) is 5.91 Å². The second-order valence-electron chi connectivity index (χ2n) is 5.52. The zero-order valence-electron chi connectivity index (χ0n) is 12.9. The Morgan fingerprint density at radius 2 is 2.24 bits per heavy atom. The number of aliphatic hydroxyl groups is 1. The van der Waals surface area contributed by atoms with Crippen molar-refractivity contribution >= 4 is 17.5 Å². The molecule has 0 bridgehead atoms. The quantitative estimate of drug-likeness (QED) is 0.812. The predicted octanol–water partition coefficient (Wildman–Crippen LogP) is 2.80. The van der Waals surface area contributed by atoms with Gasteiger partial charge in [0.05, 0.1) is 11.7 Å². The van der Waals surface area contributed by atoms with Gasteiger partial charge in [-0.15, -0.1) is 0 Å². The van der Waals surface area contributed by atoms with Gasteiger partial charge < -0.3 is 15.2 Å². The van der Waals surface area contributed by atoms with Crippen molar-refractivity contribution in [2.24, 2.45) is 0 Å². The summed E-state index contributed by atoms with van der Waals surface area (Å²) >= 11 is 6.08. The minimum Gasteiger partial charge on any atom is -0.474 e. The molecular formula is C15H23ClN2O3. The van der Waals surface area contributed by atoms with Crippen molar-refractivity contribution in [2.75, 3.05) is 6.61 Å². The van der Waals surface area contributed by atoms with Crippen LogP contribution in [0.4, 0.5) is 0 Å². The van der Waals surface area contributed by atoms with Crippen LogP contribution < -0.4 is 10.1 Å². The lowest BCUT2D eigenvalue weighted by Crippen LogP contribution is -2.46. The molecule has 0 radical (unpaired) electrons. The van der Waals surface area contributed by atoms with Crippen LogP contribution in [-0.4, -0.2) is 34.2 Å². The Balaban J connectivity index is 2.86. The summed E-state index contributed by atoms with van der Waals surface area (Å²) in [5, 5.41) is 12.3. The van der Waals surface area contributed by atoms with E-state index in [-0.39, 0.29) is 18.6 Å². The number of hydrogen-bond donors (Lipinski definition) is 2. The van der Waals surface area contributed by atoms with Gasteiger partial charge in [0, 0.05) is 18.3 Å². The Bertz CT molecular complexity index is 494. The van der Waals surface area contributed by atoms with E-state index in [0.717, 1.165) is 6.42 Å². The van der Waals surface area contributed by atoms with Crippen LogP contribution >= 0.6 is 11.6 Å². The van der Waals surface area contributed by atoms with Crippen LogP contribution in [0.3, 0.4) is 0 Å². The number of nitrogens with one attached hydrogen (secondary N) is 1. The molecule has 0 aliphatic heterocycles. The summed E-state index contributed by atoms with van der Waals surface area (Å²) in [5.41, 5.74) is -0.0838. The number of halogens is 1. The number of rotatable bonds is 7. The van der Waals surface area contributed by atoms with Gasteiger partial charge >= 0.3 is 0 Å². The van der Waals surface area contributed by atoms with Crippen molar-refractivity contribution in [2.45, 2.75) is 52.2 Å². The molecule has 0 fully saturated rings. The number of pyridine rings is 1. The molecule has 1 unspecified atom stereocenters. The molecule has 118 valence electrons. The molecule has 1 atom stereocenters. The highest BCUT2D eigenvalue weighted by Crippen LogP contribution is 2.24. The van der Waals surface area contributed by atoms with Crippen molar-refractivity contribution < 1.29 is 14.6 Å². The molecule has 21 heavy (non-hydrogen) atoms. The maximum atomic E-state index is 12.2. The number of carbonyl (C=O) groups is 1. The highest BCUT2D eigenvalue weighted by molar-refractivity contribution is 6.32. The summed E-state index contributed by atoms with van der Waals surface area (Å²) in [6.07, 6.45) is 2.61. The molecule has 0 aliphatic carbocycles. The van der Waals surface area contributed by atoms with Gasteiger partial charge in [-0.25, -0.2) is 4.98 Å². The minimum absolute atomic E-state index is 0.0186. The number of aromatic nitrogens is 1. The molecule has 0 aliphatic rings. The molecular weight excluding hydrogens is 292 g/mol. The fraction of sp³-hybridized carbons (Fsp3) is 0.600. The van der Waals surface area contributed by atoms with Gasteiger partial charge in [-0.1, -0.05) is 18.5 Å². The smallest absolute Gasteiger partial charge is 0.253 e. The number of amides is 1. The first kappa shape index (κ1) is 17.7. The summed E-state index contributed by atoms with van der Waals surface area (Å²) in [7, 11) is 0. The SMILES string of the molecule is CCC(C)(CCO)NC(=O)c1cnc(OC(C)C)c(Cl)c1. The number of aliphatic hydroxyl groups excluding tert-OH is 1. The maximum Gasteiger partial charge on any atom is 0.253 e. The van der Waals surface area contributed by atoms with Crippen LogP contribution in [0.15, 0.2) is 12.3 Å². The highest BCUT2D eigenvalue weighted by atomic mass is 35.5. The normalized spacial score (nSPS) is 13.9. The lowest BCUT2D eigenvalue weighted by atomic mass is 9.94. The Kier molecular flexibility index (Phi) is 6.42. The first-order chi connectivity index (χ1) is 9.81. The van der Waals surface area contributed by atoms with Gasteiger partial charge in [-0.2, -0.15) is 0 Å². The third-order valence-electron chi connectivity index (χ3n) is 3.28. The van der Waals surface area contributed by atoms with Crippen LogP contribution in [0.5, 0.6) is 5.88 Å².